The molecule has 5 nitrogen and oxygen atoms in total. The number of carbonyl (C=O) groups is 1. The van der Waals surface area contributed by atoms with Gasteiger partial charge >= 0.3 is 0 Å². The molecule has 2 rings (SSSR count). The second-order valence-corrected chi connectivity index (χ2v) is 5.96. The first-order chi connectivity index (χ1) is 9.69. The molecule has 1 aromatic rings. The average Bonchev–Trinajstić information content (AvgIpc) is 2.88. The summed E-state index contributed by atoms with van der Waals surface area (Å²) in [7, 11) is 0. The van der Waals surface area contributed by atoms with E-state index >= 15 is 0 Å². The molecule has 6 heteroatoms. The van der Waals surface area contributed by atoms with Crippen LogP contribution in [0.5, 0.6) is 0 Å². The number of hydrogen-bond acceptors (Lipinski definition) is 5. The van der Waals surface area contributed by atoms with Crippen LogP contribution in [0, 0.1) is 0 Å². The van der Waals surface area contributed by atoms with Crippen LogP contribution in [0.3, 0.4) is 0 Å². The smallest absolute Gasteiger partial charge is 0.228 e. The molecule has 2 unspecified atom stereocenters. The van der Waals surface area contributed by atoms with Crippen LogP contribution in [-0.2, 0) is 9.53 Å². The van der Waals surface area contributed by atoms with Crippen molar-refractivity contribution in [3.8, 4) is 0 Å². The summed E-state index contributed by atoms with van der Waals surface area (Å²) >= 11 is 1.47. The number of aromatic nitrogens is 1. The first kappa shape index (κ1) is 15.4. The van der Waals surface area contributed by atoms with E-state index in [1.165, 1.54) is 11.3 Å². The maximum absolute atomic E-state index is 11.9. The molecule has 1 fully saturated rings. The number of ether oxygens (including phenoxy) is 1. The van der Waals surface area contributed by atoms with Crippen molar-refractivity contribution in [2.24, 2.45) is 0 Å². The lowest BCUT2D eigenvalue weighted by molar-refractivity contribution is -0.119. The molecule has 20 heavy (non-hydrogen) atoms. The Hall–Kier alpha value is -0.980. The van der Waals surface area contributed by atoms with Crippen molar-refractivity contribution in [3.63, 3.8) is 0 Å². The van der Waals surface area contributed by atoms with E-state index in [0.717, 1.165) is 38.1 Å². The maximum Gasteiger partial charge on any atom is 0.228 e. The fourth-order valence-corrected chi connectivity index (χ4v) is 3.12. The minimum Gasteiger partial charge on any atom is -0.378 e. The number of thiazole rings is 1. The number of amides is 1. The van der Waals surface area contributed by atoms with E-state index in [1.807, 2.05) is 5.38 Å². The third kappa shape index (κ3) is 4.54. The Morgan fingerprint density at radius 2 is 2.45 bits per heavy atom. The Bertz CT molecular complexity index is 430. The molecule has 1 saturated heterocycles. The van der Waals surface area contributed by atoms with Crippen LogP contribution in [-0.4, -0.2) is 30.1 Å². The van der Waals surface area contributed by atoms with Crippen LogP contribution in [0.1, 0.15) is 51.3 Å². The summed E-state index contributed by atoms with van der Waals surface area (Å²) in [6, 6.07) is 0.212. The molecule has 0 radical (unpaired) electrons. The van der Waals surface area contributed by atoms with Gasteiger partial charge in [0.25, 0.3) is 0 Å². The molecule has 0 bridgehead atoms. The van der Waals surface area contributed by atoms with Crippen LogP contribution in [0.2, 0.25) is 0 Å². The Kier molecular flexibility index (Phi) is 5.94. The topological polar surface area (TPSA) is 63.2 Å². The highest BCUT2D eigenvalue weighted by Crippen LogP contribution is 2.21. The van der Waals surface area contributed by atoms with Gasteiger partial charge in [0.05, 0.1) is 18.2 Å². The molecule has 0 spiro atoms. The lowest BCUT2D eigenvalue weighted by Crippen LogP contribution is -2.25. The number of hydrogen-bond donors (Lipinski definition) is 2. The van der Waals surface area contributed by atoms with Crippen LogP contribution >= 0.6 is 11.3 Å². The molecule has 0 aliphatic carbocycles. The Balaban J connectivity index is 1.81. The lowest BCUT2D eigenvalue weighted by Gasteiger charge is -2.21. The molecular weight excluding hydrogens is 274 g/mol. The Morgan fingerprint density at radius 3 is 3.15 bits per heavy atom. The molecule has 1 aromatic heterocycles. The van der Waals surface area contributed by atoms with E-state index in [2.05, 4.69) is 29.5 Å². The van der Waals surface area contributed by atoms with E-state index in [9.17, 15) is 4.79 Å². The highest BCUT2D eigenvalue weighted by Gasteiger charge is 2.18. The van der Waals surface area contributed by atoms with Gasteiger partial charge in [-0.2, -0.15) is 0 Å². The standard InChI is InChI=1S/C14H23N3O2S/c1-3-15-10(2)12-9-20-14(16-12)17-13(18)8-11-6-4-5-7-19-11/h9-11,15H,3-8H2,1-2H3,(H,16,17,18). The third-order valence-corrected chi connectivity index (χ3v) is 4.19. The predicted molar refractivity (Wildman–Crippen MR) is 81.0 cm³/mol. The predicted octanol–water partition coefficient (Wildman–Crippen LogP) is 2.71. The molecule has 112 valence electrons. The molecule has 1 aliphatic rings. The summed E-state index contributed by atoms with van der Waals surface area (Å²) in [5.74, 6) is -0.00564. The zero-order valence-corrected chi connectivity index (χ0v) is 13.0. The average molecular weight is 297 g/mol. The highest BCUT2D eigenvalue weighted by molar-refractivity contribution is 7.13. The summed E-state index contributed by atoms with van der Waals surface area (Å²) in [5.41, 5.74) is 0.973. The first-order valence-electron chi connectivity index (χ1n) is 7.29. The van der Waals surface area contributed by atoms with Crippen molar-refractivity contribution in [3.05, 3.63) is 11.1 Å². The van der Waals surface area contributed by atoms with Gasteiger partial charge in [-0.3, -0.25) is 4.79 Å². The largest absolute Gasteiger partial charge is 0.378 e. The van der Waals surface area contributed by atoms with Crippen molar-refractivity contribution in [1.82, 2.24) is 10.3 Å². The molecule has 2 heterocycles. The normalized spacial score (nSPS) is 20.6. The van der Waals surface area contributed by atoms with Crippen LogP contribution in [0.25, 0.3) is 0 Å². The van der Waals surface area contributed by atoms with Gasteiger partial charge in [-0.05, 0) is 32.7 Å². The lowest BCUT2D eigenvalue weighted by atomic mass is 10.1. The molecule has 0 saturated carbocycles. The van der Waals surface area contributed by atoms with Gasteiger partial charge in [-0.1, -0.05) is 6.92 Å². The van der Waals surface area contributed by atoms with E-state index in [0.29, 0.717) is 11.6 Å². The Labute approximate surface area is 124 Å². The highest BCUT2D eigenvalue weighted by atomic mass is 32.1. The molecule has 1 aliphatic heterocycles. The van der Waals surface area contributed by atoms with Gasteiger partial charge < -0.3 is 15.4 Å². The summed E-state index contributed by atoms with van der Waals surface area (Å²) in [6.45, 7) is 5.81. The van der Waals surface area contributed by atoms with E-state index in [-0.39, 0.29) is 18.1 Å². The minimum absolute atomic E-state index is 0.00564. The summed E-state index contributed by atoms with van der Waals surface area (Å²) in [6.07, 6.45) is 3.74. The van der Waals surface area contributed by atoms with Crippen molar-refractivity contribution in [1.29, 1.82) is 0 Å². The van der Waals surface area contributed by atoms with Gasteiger partial charge in [0.1, 0.15) is 0 Å². The first-order valence-corrected chi connectivity index (χ1v) is 8.17. The van der Waals surface area contributed by atoms with Crippen molar-refractivity contribution >= 4 is 22.4 Å². The zero-order chi connectivity index (χ0) is 14.4. The summed E-state index contributed by atoms with van der Waals surface area (Å²) in [5, 5.41) is 8.83. The fraction of sp³-hybridized carbons (Fsp3) is 0.714. The summed E-state index contributed by atoms with van der Waals surface area (Å²) in [4.78, 5) is 16.4. The van der Waals surface area contributed by atoms with Gasteiger partial charge in [0, 0.05) is 18.0 Å². The van der Waals surface area contributed by atoms with Crippen LogP contribution < -0.4 is 10.6 Å². The molecular formula is C14H23N3O2S. The van der Waals surface area contributed by atoms with Gasteiger partial charge in [0.2, 0.25) is 5.91 Å². The Morgan fingerprint density at radius 1 is 1.60 bits per heavy atom. The monoisotopic (exact) mass is 297 g/mol. The third-order valence-electron chi connectivity index (χ3n) is 3.41. The van der Waals surface area contributed by atoms with E-state index < -0.39 is 0 Å². The number of rotatable bonds is 6. The quantitative estimate of drug-likeness (QED) is 0.847. The van der Waals surface area contributed by atoms with Crippen LogP contribution in [0.4, 0.5) is 5.13 Å². The minimum atomic E-state index is -0.00564. The van der Waals surface area contributed by atoms with Crippen molar-refractivity contribution in [2.45, 2.75) is 51.7 Å². The number of carbonyl (C=O) groups excluding carboxylic acids is 1. The second kappa shape index (κ2) is 7.71. The number of nitrogens with one attached hydrogen (secondary N) is 2. The summed E-state index contributed by atoms with van der Waals surface area (Å²) < 4.78 is 5.57. The number of nitrogens with zero attached hydrogens (tertiary/aromatic N) is 1. The zero-order valence-electron chi connectivity index (χ0n) is 12.1. The maximum atomic E-state index is 11.9. The van der Waals surface area contributed by atoms with E-state index in [1.54, 1.807) is 0 Å². The number of anilines is 1. The molecule has 2 N–H and O–H groups in total. The van der Waals surface area contributed by atoms with E-state index in [4.69, 9.17) is 4.74 Å². The molecule has 0 aromatic carbocycles. The van der Waals surface area contributed by atoms with Gasteiger partial charge in [-0.15, -0.1) is 11.3 Å². The van der Waals surface area contributed by atoms with Gasteiger partial charge in [0.15, 0.2) is 5.13 Å². The fourth-order valence-electron chi connectivity index (χ4n) is 2.30. The molecule has 2 atom stereocenters. The van der Waals surface area contributed by atoms with Gasteiger partial charge in [-0.25, -0.2) is 4.98 Å². The van der Waals surface area contributed by atoms with Crippen molar-refractivity contribution in [2.75, 3.05) is 18.5 Å². The van der Waals surface area contributed by atoms with Crippen LogP contribution in [0.15, 0.2) is 5.38 Å². The van der Waals surface area contributed by atoms with Crippen molar-refractivity contribution < 1.29 is 9.53 Å². The SMILES string of the molecule is CCNC(C)c1csc(NC(=O)CC2CCCCO2)n1. The molecule has 1 amide bonds. The second-order valence-electron chi connectivity index (χ2n) is 5.10.